The molecule has 1 heterocycles. The number of halogens is 1. The van der Waals surface area contributed by atoms with Crippen molar-refractivity contribution >= 4 is 17.5 Å². The van der Waals surface area contributed by atoms with Crippen molar-refractivity contribution in [3.8, 4) is 0 Å². The van der Waals surface area contributed by atoms with Gasteiger partial charge in [-0.15, -0.1) is 10.2 Å². The maximum absolute atomic E-state index is 11.7. The first-order chi connectivity index (χ1) is 8.02. The fourth-order valence-electron chi connectivity index (χ4n) is 1.44. The van der Waals surface area contributed by atoms with Crippen LogP contribution in [0.5, 0.6) is 0 Å². The first-order valence-electron chi connectivity index (χ1n) is 5.44. The van der Waals surface area contributed by atoms with Crippen LogP contribution in [-0.4, -0.2) is 33.9 Å². The highest BCUT2D eigenvalue weighted by atomic mass is 35.5. The van der Waals surface area contributed by atoms with Crippen LogP contribution in [0.3, 0.4) is 0 Å². The van der Waals surface area contributed by atoms with E-state index in [9.17, 15) is 4.79 Å². The molecular formula is C11H16ClN3O2. The summed E-state index contributed by atoms with van der Waals surface area (Å²) in [6.45, 7) is 3.96. The molecule has 1 atom stereocenters. The van der Waals surface area contributed by atoms with Crippen LogP contribution in [0.15, 0.2) is 12.1 Å². The molecular weight excluding hydrogens is 242 g/mol. The Morgan fingerprint density at radius 1 is 1.47 bits per heavy atom. The van der Waals surface area contributed by atoms with Crippen LogP contribution in [0.25, 0.3) is 0 Å². The molecule has 0 aliphatic heterocycles. The van der Waals surface area contributed by atoms with Crippen molar-refractivity contribution < 1.29 is 9.90 Å². The maximum Gasteiger partial charge on any atom is 0.272 e. The molecule has 1 aromatic heterocycles. The molecule has 0 fully saturated rings. The van der Waals surface area contributed by atoms with Gasteiger partial charge in [0.15, 0.2) is 10.8 Å². The van der Waals surface area contributed by atoms with E-state index in [0.717, 1.165) is 0 Å². The minimum Gasteiger partial charge on any atom is -0.394 e. The largest absolute Gasteiger partial charge is 0.394 e. The van der Waals surface area contributed by atoms with E-state index in [-0.39, 0.29) is 29.4 Å². The number of aromatic nitrogens is 2. The van der Waals surface area contributed by atoms with E-state index >= 15 is 0 Å². The second kappa shape index (κ2) is 6.51. The predicted molar refractivity (Wildman–Crippen MR) is 64.8 cm³/mol. The number of aliphatic hydroxyl groups is 1. The van der Waals surface area contributed by atoms with E-state index in [1.807, 2.05) is 13.8 Å². The van der Waals surface area contributed by atoms with Crippen LogP contribution < -0.4 is 5.32 Å². The predicted octanol–water partition coefficient (Wildman–Crippen LogP) is 1.27. The van der Waals surface area contributed by atoms with Gasteiger partial charge in [-0.25, -0.2) is 0 Å². The molecule has 1 amide bonds. The number of hydrogen-bond acceptors (Lipinski definition) is 4. The Morgan fingerprint density at radius 2 is 2.18 bits per heavy atom. The van der Waals surface area contributed by atoms with Crippen molar-refractivity contribution in [2.24, 2.45) is 5.92 Å². The number of carbonyl (C=O) groups is 1. The summed E-state index contributed by atoms with van der Waals surface area (Å²) < 4.78 is 0. The third-order valence-electron chi connectivity index (χ3n) is 2.18. The van der Waals surface area contributed by atoms with Crippen LogP contribution >= 0.6 is 11.6 Å². The summed E-state index contributed by atoms with van der Waals surface area (Å²) in [5.74, 6) is 0.0395. The zero-order valence-corrected chi connectivity index (χ0v) is 10.6. The lowest BCUT2D eigenvalue weighted by Crippen LogP contribution is -2.38. The fraction of sp³-hybridized carbons (Fsp3) is 0.545. The minimum atomic E-state index is -0.353. The number of nitrogens with zero attached hydrogens (tertiary/aromatic N) is 2. The molecule has 17 heavy (non-hydrogen) atoms. The normalized spacial score (nSPS) is 12.5. The van der Waals surface area contributed by atoms with E-state index in [1.54, 1.807) is 0 Å². The highest BCUT2D eigenvalue weighted by Gasteiger charge is 2.15. The van der Waals surface area contributed by atoms with Gasteiger partial charge in [-0.3, -0.25) is 4.79 Å². The van der Waals surface area contributed by atoms with E-state index in [0.29, 0.717) is 12.3 Å². The van der Waals surface area contributed by atoms with Crippen molar-refractivity contribution in [3.05, 3.63) is 23.0 Å². The van der Waals surface area contributed by atoms with E-state index in [2.05, 4.69) is 15.5 Å². The molecule has 1 unspecified atom stereocenters. The molecule has 0 aliphatic rings. The van der Waals surface area contributed by atoms with E-state index in [4.69, 9.17) is 16.7 Å². The summed E-state index contributed by atoms with van der Waals surface area (Å²) in [4.78, 5) is 11.7. The van der Waals surface area contributed by atoms with Gasteiger partial charge in [-0.2, -0.15) is 0 Å². The summed E-state index contributed by atoms with van der Waals surface area (Å²) >= 11 is 5.57. The lowest BCUT2D eigenvalue weighted by molar-refractivity contribution is 0.0902. The Morgan fingerprint density at radius 3 is 2.65 bits per heavy atom. The minimum absolute atomic E-state index is 0.0923. The first kappa shape index (κ1) is 13.9. The molecule has 0 radical (unpaired) electrons. The Kier molecular flexibility index (Phi) is 5.31. The van der Waals surface area contributed by atoms with Gasteiger partial charge in [0, 0.05) is 0 Å². The number of hydrogen-bond donors (Lipinski definition) is 2. The average Bonchev–Trinajstić information content (AvgIpc) is 2.28. The molecule has 1 aromatic rings. The van der Waals surface area contributed by atoms with Crippen LogP contribution in [0.2, 0.25) is 5.15 Å². The highest BCUT2D eigenvalue weighted by molar-refractivity contribution is 6.29. The lowest BCUT2D eigenvalue weighted by Gasteiger charge is -2.17. The smallest absolute Gasteiger partial charge is 0.272 e. The Hall–Kier alpha value is -1.20. The van der Waals surface area contributed by atoms with Gasteiger partial charge in [-0.1, -0.05) is 25.4 Å². The number of carbonyl (C=O) groups excluding carboxylic acids is 1. The Bertz CT molecular complexity index is 367. The van der Waals surface area contributed by atoms with Crippen LogP contribution in [0.4, 0.5) is 0 Å². The van der Waals surface area contributed by atoms with Gasteiger partial charge in [0.25, 0.3) is 5.91 Å². The summed E-state index contributed by atoms with van der Waals surface area (Å²) in [7, 11) is 0. The van der Waals surface area contributed by atoms with Gasteiger partial charge in [0.1, 0.15) is 0 Å². The highest BCUT2D eigenvalue weighted by Crippen LogP contribution is 2.06. The second-order valence-corrected chi connectivity index (χ2v) is 4.61. The molecule has 6 heteroatoms. The van der Waals surface area contributed by atoms with Gasteiger partial charge in [-0.05, 0) is 24.5 Å². The molecule has 5 nitrogen and oxygen atoms in total. The molecule has 0 aliphatic carbocycles. The van der Waals surface area contributed by atoms with Crippen molar-refractivity contribution in [2.75, 3.05) is 6.61 Å². The monoisotopic (exact) mass is 257 g/mol. The summed E-state index contributed by atoms with van der Waals surface area (Å²) in [6.07, 6.45) is 0.712. The summed E-state index contributed by atoms with van der Waals surface area (Å²) in [5.41, 5.74) is 0.191. The molecule has 0 saturated carbocycles. The van der Waals surface area contributed by atoms with Gasteiger partial charge < -0.3 is 10.4 Å². The number of rotatable bonds is 5. The first-order valence-corrected chi connectivity index (χ1v) is 5.81. The van der Waals surface area contributed by atoms with E-state index in [1.165, 1.54) is 12.1 Å². The average molecular weight is 258 g/mol. The number of aliphatic hydroxyl groups excluding tert-OH is 1. The molecule has 94 valence electrons. The number of amides is 1. The third kappa shape index (κ3) is 4.66. The van der Waals surface area contributed by atoms with Crippen molar-refractivity contribution in [2.45, 2.75) is 26.3 Å². The van der Waals surface area contributed by atoms with Crippen molar-refractivity contribution in [1.82, 2.24) is 15.5 Å². The summed E-state index contributed by atoms with van der Waals surface area (Å²) in [6, 6.07) is 2.73. The summed E-state index contributed by atoms with van der Waals surface area (Å²) in [5, 5.41) is 19.3. The van der Waals surface area contributed by atoms with Crippen molar-refractivity contribution in [1.29, 1.82) is 0 Å². The zero-order chi connectivity index (χ0) is 12.8. The standard InChI is InChI=1S/C11H16ClN3O2/c1-7(2)5-8(6-16)13-11(17)9-3-4-10(12)15-14-9/h3-4,7-8,16H,5-6H2,1-2H3,(H,13,17). The molecule has 0 aromatic carbocycles. The third-order valence-corrected chi connectivity index (χ3v) is 2.38. The molecule has 0 spiro atoms. The van der Waals surface area contributed by atoms with Gasteiger partial charge >= 0.3 is 0 Å². The van der Waals surface area contributed by atoms with Gasteiger partial charge in [0.05, 0.1) is 12.6 Å². The van der Waals surface area contributed by atoms with Gasteiger partial charge in [0.2, 0.25) is 0 Å². The topological polar surface area (TPSA) is 75.1 Å². The lowest BCUT2D eigenvalue weighted by atomic mass is 10.0. The van der Waals surface area contributed by atoms with Crippen LogP contribution in [0, 0.1) is 5.92 Å². The van der Waals surface area contributed by atoms with Crippen molar-refractivity contribution in [3.63, 3.8) is 0 Å². The maximum atomic E-state index is 11.7. The molecule has 2 N–H and O–H groups in total. The SMILES string of the molecule is CC(C)CC(CO)NC(=O)c1ccc(Cl)nn1. The second-order valence-electron chi connectivity index (χ2n) is 4.22. The Balaban J connectivity index is 2.61. The molecule has 0 bridgehead atoms. The molecule has 1 rings (SSSR count). The van der Waals surface area contributed by atoms with E-state index < -0.39 is 0 Å². The number of nitrogens with one attached hydrogen (secondary N) is 1. The zero-order valence-electron chi connectivity index (χ0n) is 9.85. The fourth-order valence-corrected chi connectivity index (χ4v) is 1.55. The molecule has 0 saturated heterocycles. The quantitative estimate of drug-likeness (QED) is 0.833. The Labute approximate surface area is 105 Å². The van der Waals surface area contributed by atoms with Crippen LogP contribution in [-0.2, 0) is 0 Å². The van der Waals surface area contributed by atoms with Crippen LogP contribution in [0.1, 0.15) is 30.8 Å².